The van der Waals surface area contributed by atoms with Gasteiger partial charge in [0.1, 0.15) is 5.82 Å². The number of aromatic nitrogens is 2. The van der Waals surface area contributed by atoms with Crippen LogP contribution in [0.3, 0.4) is 0 Å². The average Bonchev–Trinajstić information content (AvgIpc) is 2.20. The number of anilines is 2. The fourth-order valence-corrected chi connectivity index (χ4v) is 1.31. The summed E-state index contributed by atoms with van der Waals surface area (Å²) in [6.45, 7) is 8.53. The van der Waals surface area contributed by atoms with E-state index in [1.165, 1.54) is 0 Å². The van der Waals surface area contributed by atoms with Crippen molar-refractivity contribution in [2.45, 2.75) is 39.7 Å². The zero-order valence-corrected chi connectivity index (χ0v) is 10.2. The number of hydrogen-bond donors (Lipinski definition) is 1. The molecule has 1 rings (SSSR count). The van der Waals surface area contributed by atoms with E-state index < -0.39 is 0 Å². The Morgan fingerprint density at radius 2 is 2.07 bits per heavy atom. The van der Waals surface area contributed by atoms with Crippen LogP contribution in [0.1, 0.15) is 32.8 Å². The predicted octanol–water partition coefficient (Wildman–Crippen LogP) is 1.99. The molecule has 0 spiro atoms. The van der Waals surface area contributed by atoms with Gasteiger partial charge in [0.15, 0.2) is 0 Å². The van der Waals surface area contributed by atoms with Gasteiger partial charge in [-0.15, -0.1) is 0 Å². The topological polar surface area (TPSA) is 55.0 Å². The molecule has 4 heteroatoms. The highest BCUT2D eigenvalue weighted by Gasteiger charge is 2.23. The van der Waals surface area contributed by atoms with Crippen molar-refractivity contribution in [2.24, 2.45) is 0 Å². The summed E-state index contributed by atoms with van der Waals surface area (Å²) in [5.41, 5.74) is 6.73. The molecule has 1 aromatic rings. The first kappa shape index (κ1) is 11.8. The van der Waals surface area contributed by atoms with Gasteiger partial charge in [-0.25, -0.2) is 4.98 Å². The molecule has 0 amide bonds. The molecule has 0 saturated carbocycles. The van der Waals surface area contributed by atoms with E-state index in [1.807, 2.05) is 14.0 Å². The lowest BCUT2D eigenvalue weighted by Crippen LogP contribution is -2.41. The Labute approximate surface area is 91.5 Å². The second-order valence-electron chi connectivity index (χ2n) is 4.46. The van der Waals surface area contributed by atoms with Crippen LogP contribution in [0.5, 0.6) is 0 Å². The molecule has 15 heavy (non-hydrogen) atoms. The van der Waals surface area contributed by atoms with E-state index in [-0.39, 0.29) is 5.54 Å². The maximum atomic E-state index is 5.60. The average molecular weight is 208 g/mol. The highest BCUT2D eigenvalue weighted by molar-refractivity contribution is 5.49. The van der Waals surface area contributed by atoms with Gasteiger partial charge in [0.2, 0.25) is 5.95 Å². The van der Waals surface area contributed by atoms with Crippen LogP contribution in [-0.2, 0) is 0 Å². The monoisotopic (exact) mass is 208 g/mol. The Kier molecular flexibility index (Phi) is 3.17. The standard InChI is InChI=1S/C11H20N4/c1-6-11(3,4)15(5)9-8(2)7-13-10(12)14-9/h7H,6H2,1-5H3,(H2,12,13,14). The molecule has 0 saturated heterocycles. The van der Waals surface area contributed by atoms with Crippen molar-refractivity contribution in [1.82, 2.24) is 9.97 Å². The van der Waals surface area contributed by atoms with Crippen molar-refractivity contribution in [3.05, 3.63) is 11.8 Å². The van der Waals surface area contributed by atoms with Gasteiger partial charge < -0.3 is 10.6 Å². The summed E-state index contributed by atoms with van der Waals surface area (Å²) in [5, 5.41) is 0. The van der Waals surface area contributed by atoms with Crippen molar-refractivity contribution in [2.75, 3.05) is 17.7 Å². The molecular formula is C11H20N4. The summed E-state index contributed by atoms with van der Waals surface area (Å²) in [6, 6.07) is 0. The van der Waals surface area contributed by atoms with E-state index in [0.29, 0.717) is 5.95 Å². The molecule has 0 aliphatic rings. The van der Waals surface area contributed by atoms with E-state index in [1.54, 1.807) is 6.20 Å². The zero-order valence-electron chi connectivity index (χ0n) is 10.2. The maximum absolute atomic E-state index is 5.60. The third-order valence-electron chi connectivity index (χ3n) is 3.05. The molecule has 0 fully saturated rings. The van der Waals surface area contributed by atoms with E-state index >= 15 is 0 Å². The van der Waals surface area contributed by atoms with Crippen LogP contribution in [0.25, 0.3) is 0 Å². The Hall–Kier alpha value is -1.32. The zero-order chi connectivity index (χ0) is 11.6. The summed E-state index contributed by atoms with van der Waals surface area (Å²) >= 11 is 0. The van der Waals surface area contributed by atoms with Gasteiger partial charge in [0.25, 0.3) is 0 Å². The van der Waals surface area contributed by atoms with Crippen molar-refractivity contribution < 1.29 is 0 Å². The molecule has 0 unspecified atom stereocenters. The molecule has 84 valence electrons. The van der Waals surface area contributed by atoms with E-state index in [9.17, 15) is 0 Å². The second-order valence-corrected chi connectivity index (χ2v) is 4.46. The Balaban J connectivity index is 3.10. The first-order valence-corrected chi connectivity index (χ1v) is 5.21. The third kappa shape index (κ3) is 2.37. The van der Waals surface area contributed by atoms with Crippen LogP contribution in [0.15, 0.2) is 6.20 Å². The van der Waals surface area contributed by atoms with Crippen molar-refractivity contribution in [3.63, 3.8) is 0 Å². The minimum absolute atomic E-state index is 0.0750. The van der Waals surface area contributed by atoms with E-state index in [4.69, 9.17) is 5.73 Å². The highest BCUT2D eigenvalue weighted by atomic mass is 15.2. The quantitative estimate of drug-likeness (QED) is 0.825. The largest absolute Gasteiger partial charge is 0.368 e. The van der Waals surface area contributed by atoms with Crippen molar-refractivity contribution >= 4 is 11.8 Å². The Morgan fingerprint density at radius 1 is 1.47 bits per heavy atom. The maximum Gasteiger partial charge on any atom is 0.221 e. The number of aryl methyl sites for hydroxylation is 1. The van der Waals surface area contributed by atoms with Gasteiger partial charge in [0, 0.05) is 24.3 Å². The summed E-state index contributed by atoms with van der Waals surface area (Å²) in [6.07, 6.45) is 2.81. The number of nitrogens with two attached hydrogens (primary N) is 1. The van der Waals surface area contributed by atoms with Crippen LogP contribution in [0.2, 0.25) is 0 Å². The first-order valence-electron chi connectivity index (χ1n) is 5.21. The summed E-state index contributed by atoms with van der Waals surface area (Å²) in [4.78, 5) is 10.4. The van der Waals surface area contributed by atoms with Gasteiger partial charge in [-0.1, -0.05) is 6.92 Å². The lowest BCUT2D eigenvalue weighted by atomic mass is 9.99. The highest BCUT2D eigenvalue weighted by Crippen LogP contribution is 2.25. The third-order valence-corrected chi connectivity index (χ3v) is 3.05. The molecule has 0 aliphatic carbocycles. The Bertz CT molecular complexity index is 346. The second kappa shape index (κ2) is 4.04. The van der Waals surface area contributed by atoms with E-state index in [0.717, 1.165) is 17.8 Å². The summed E-state index contributed by atoms with van der Waals surface area (Å²) < 4.78 is 0. The molecule has 0 aliphatic heterocycles. The lowest BCUT2D eigenvalue weighted by molar-refractivity contribution is 0.466. The summed E-state index contributed by atoms with van der Waals surface area (Å²) in [5.74, 6) is 1.24. The number of nitrogen functional groups attached to an aromatic ring is 1. The normalized spacial score (nSPS) is 11.5. The summed E-state index contributed by atoms with van der Waals surface area (Å²) in [7, 11) is 2.04. The molecule has 1 aromatic heterocycles. The Morgan fingerprint density at radius 3 is 2.60 bits per heavy atom. The molecule has 1 heterocycles. The van der Waals surface area contributed by atoms with Gasteiger partial charge in [-0.2, -0.15) is 4.98 Å². The predicted molar refractivity (Wildman–Crippen MR) is 64.0 cm³/mol. The van der Waals surface area contributed by atoms with Gasteiger partial charge in [-0.05, 0) is 27.2 Å². The van der Waals surface area contributed by atoms with E-state index in [2.05, 4.69) is 35.6 Å². The van der Waals surface area contributed by atoms with Crippen molar-refractivity contribution in [3.8, 4) is 0 Å². The van der Waals surface area contributed by atoms with Gasteiger partial charge in [0.05, 0.1) is 0 Å². The van der Waals surface area contributed by atoms with Gasteiger partial charge >= 0.3 is 0 Å². The number of nitrogens with zero attached hydrogens (tertiary/aromatic N) is 3. The fraction of sp³-hybridized carbons (Fsp3) is 0.636. The molecule has 0 bridgehead atoms. The fourth-order valence-electron chi connectivity index (χ4n) is 1.31. The van der Waals surface area contributed by atoms with Crippen LogP contribution in [0, 0.1) is 6.92 Å². The molecule has 0 aromatic carbocycles. The lowest BCUT2D eigenvalue weighted by Gasteiger charge is -2.36. The first-order chi connectivity index (χ1) is 6.88. The van der Waals surface area contributed by atoms with Gasteiger partial charge in [-0.3, -0.25) is 0 Å². The smallest absolute Gasteiger partial charge is 0.221 e. The molecular weight excluding hydrogens is 188 g/mol. The minimum atomic E-state index is 0.0750. The van der Waals surface area contributed by atoms with Crippen molar-refractivity contribution in [1.29, 1.82) is 0 Å². The van der Waals surface area contributed by atoms with Crippen LogP contribution in [0.4, 0.5) is 11.8 Å². The number of hydrogen-bond acceptors (Lipinski definition) is 4. The number of rotatable bonds is 3. The van der Waals surface area contributed by atoms with Crippen LogP contribution in [-0.4, -0.2) is 22.6 Å². The molecule has 4 nitrogen and oxygen atoms in total. The SMILES string of the molecule is CCC(C)(C)N(C)c1nc(N)ncc1C. The van der Waals surface area contributed by atoms with Crippen LogP contribution < -0.4 is 10.6 Å². The molecule has 0 atom stereocenters. The molecule has 2 N–H and O–H groups in total. The molecule has 0 radical (unpaired) electrons. The minimum Gasteiger partial charge on any atom is -0.368 e. The van der Waals surface area contributed by atoms with Crippen LogP contribution >= 0.6 is 0 Å².